The highest BCUT2D eigenvalue weighted by Gasteiger charge is 2.63. The van der Waals surface area contributed by atoms with Gasteiger partial charge in [-0.15, -0.1) is 0 Å². The summed E-state index contributed by atoms with van der Waals surface area (Å²) >= 11 is 0. The molecule has 1 saturated carbocycles. The molecule has 1 aliphatic carbocycles. The zero-order chi connectivity index (χ0) is 15.5. The van der Waals surface area contributed by atoms with E-state index in [0.717, 1.165) is 0 Å². The molecule has 0 radical (unpaired) electrons. The molecule has 1 fully saturated rings. The Balaban J connectivity index is 2.19. The highest BCUT2D eigenvalue weighted by atomic mass is 19.4. The summed E-state index contributed by atoms with van der Waals surface area (Å²) in [6.45, 7) is 4.99. The van der Waals surface area contributed by atoms with Crippen molar-refractivity contribution in [3.63, 3.8) is 0 Å². The summed E-state index contributed by atoms with van der Waals surface area (Å²) in [5.74, 6) is 1.02. The summed E-state index contributed by atoms with van der Waals surface area (Å²) < 4.78 is 44.2. The molecule has 0 unspecified atom stereocenters. The highest BCUT2D eigenvalue weighted by Crippen LogP contribution is 2.51. The molecule has 118 valence electrons. The minimum atomic E-state index is -4.28. The molecule has 1 aromatic rings. The molecule has 1 aromatic heterocycles. The topological polar surface area (TPSA) is 59.1 Å². The van der Waals surface area contributed by atoms with Crippen LogP contribution >= 0.6 is 0 Å². The van der Waals surface area contributed by atoms with Gasteiger partial charge in [0.2, 0.25) is 0 Å². The molecule has 0 aromatic carbocycles. The predicted octanol–water partition coefficient (Wildman–Crippen LogP) is 2.95. The summed E-state index contributed by atoms with van der Waals surface area (Å²) in [4.78, 5) is 8.31. The van der Waals surface area contributed by atoms with Crippen LogP contribution in [0, 0.1) is 0 Å². The van der Waals surface area contributed by atoms with E-state index >= 15 is 0 Å². The van der Waals surface area contributed by atoms with Gasteiger partial charge in [-0.2, -0.15) is 13.2 Å². The van der Waals surface area contributed by atoms with Crippen LogP contribution in [0.5, 0.6) is 0 Å². The van der Waals surface area contributed by atoms with Gasteiger partial charge in [0, 0.05) is 19.2 Å². The van der Waals surface area contributed by atoms with Crippen LogP contribution < -0.4 is 10.6 Å². The van der Waals surface area contributed by atoms with E-state index in [4.69, 9.17) is 4.74 Å². The highest BCUT2D eigenvalue weighted by molar-refractivity contribution is 5.50. The monoisotopic (exact) mass is 304 g/mol. The molecule has 2 N–H and O–H groups in total. The van der Waals surface area contributed by atoms with Crippen LogP contribution in [-0.2, 0) is 11.3 Å². The zero-order valence-electron chi connectivity index (χ0n) is 12.0. The summed E-state index contributed by atoms with van der Waals surface area (Å²) in [5.41, 5.74) is -1.84. The van der Waals surface area contributed by atoms with Crippen LogP contribution in [-0.4, -0.2) is 34.8 Å². The van der Waals surface area contributed by atoms with E-state index in [9.17, 15) is 13.2 Å². The minimum absolute atomic E-state index is 0.0673. The normalized spacial score (nSPS) is 16.6. The number of hydrogen-bond donors (Lipinski definition) is 2. The lowest BCUT2D eigenvalue weighted by Crippen LogP contribution is -2.39. The van der Waals surface area contributed by atoms with Crippen molar-refractivity contribution in [2.24, 2.45) is 0 Å². The Morgan fingerprint density at radius 3 is 2.43 bits per heavy atom. The number of halogens is 3. The van der Waals surface area contributed by atoms with Crippen LogP contribution in [0.2, 0.25) is 0 Å². The van der Waals surface area contributed by atoms with E-state index in [1.165, 1.54) is 6.07 Å². The third kappa shape index (κ3) is 3.75. The fourth-order valence-electron chi connectivity index (χ4n) is 1.94. The Morgan fingerprint density at radius 1 is 1.24 bits per heavy atom. The first-order chi connectivity index (χ1) is 9.90. The summed E-state index contributed by atoms with van der Waals surface area (Å²) in [5, 5.41) is 5.50. The maximum Gasteiger partial charge on any atom is 0.411 e. The second-order valence-electron chi connectivity index (χ2n) is 4.93. The Bertz CT molecular complexity index is 489. The Hall–Kier alpha value is -1.57. The van der Waals surface area contributed by atoms with Crippen molar-refractivity contribution in [1.82, 2.24) is 9.97 Å². The van der Waals surface area contributed by atoms with Crippen molar-refractivity contribution >= 4 is 11.6 Å². The van der Waals surface area contributed by atoms with Crippen molar-refractivity contribution < 1.29 is 17.9 Å². The van der Waals surface area contributed by atoms with Gasteiger partial charge in [-0.05, 0) is 26.7 Å². The van der Waals surface area contributed by atoms with Gasteiger partial charge in [-0.25, -0.2) is 9.97 Å². The van der Waals surface area contributed by atoms with E-state index in [2.05, 4.69) is 20.6 Å². The Kier molecular flexibility index (Phi) is 4.55. The van der Waals surface area contributed by atoms with Gasteiger partial charge in [-0.3, -0.25) is 0 Å². The zero-order valence-corrected chi connectivity index (χ0v) is 12.0. The van der Waals surface area contributed by atoms with E-state index in [1.54, 1.807) is 0 Å². The molecule has 21 heavy (non-hydrogen) atoms. The van der Waals surface area contributed by atoms with E-state index in [1.807, 2.05) is 13.8 Å². The molecule has 0 amide bonds. The number of nitrogens with zero attached hydrogens (tertiary/aromatic N) is 2. The molecule has 0 saturated heterocycles. The quantitative estimate of drug-likeness (QED) is 0.811. The number of alkyl halides is 3. The van der Waals surface area contributed by atoms with Gasteiger partial charge in [0.1, 0.15) is 23.8 Å². The van der Waals surface area contributed by atoms with Gasteiger partial charge in [0.15, 0.2) is 5.82 Å². The molecule has 0 atom stereocenters. The Labute approximate surface area is 121 Å². The molecule has 0 aliphatic heterocycles. The van der Waals surface area contributed by atoms with Gasteiger partial charge in [0.25, 0.3) is 0 Å². The van der Waals surface area contributed by atoms with Gasteiger partial charge < -0.3 is 15.4 Å². The predicted molar refractivity (Wildman–Crippen MR) is 73.2 cm³/mol. The third-order valence-electron chi connectivity index (χ3n) is 3.23. The van der Waals surface area contributed by atoms with Crippen molar-refractivity contribution in [2.75, 3.05) is 23.8 Å². The molecular weight excluding hydrogens is 285 g/mol. The molecule has 1 heterocycles. The first-order valence-electron chi connectivity index (χ1n) is 6.94. The van der Waals surface area contributed by atoms with Gasteiger partial charge >= 0.3 is 6.18 Å². The second-order valence-corrected chi connectivity index (χ2v) is 4.93. The largest absolute Gasteiger partial charge is 0.411 e. The number of anilines is 2. The van der Waals surface area contributed by atoms with Gasteiger partial charge in [0.05, 0.1) is 0 Å². The molecule has 0 bridgehead atoms. The lowest BCUT2D eigenvalue weighted by Gasteiger charge is -2.21. The van der Waals surface area contributed by atoms with E-state index < -0.39 is 11.7 Å². The molecule has 8 heteroatoms. The second kappa shape index (κ2) is 6.05. The van der Waals surface area contributed by atoms with Crippen LogP contribution in [0.1, 0.15) is 32.5 Å². The summed E-state index contributed by atoms with van der Waals surface area (Å²) in [6.07, 6.45) is -4.15. The first kappa shape index (κ1) is 15.8. The molecule has 0 spiro atoms. The third-order valence-corrected chi connectivity index (χ3v) is 3.23. The maximum atomic E-state index is 13.0. The number of aromatic nitrogens is 2. The SMILES string of the molecule is CCNc1cc(NC2(C(F)(F)F)CC2)nc(COCC)n1. The van der Waals surface area contributed by atoms with Gasteiger partial charge in [-0.1, -0.05) is 0 Å². The van der Waals surface area contributed by atoms with Crippen molar-refractivity contribution in [1.29, 1.82) is 0 Å². The number of rotatable bonds is 7. The number of ether oxygens (including phenoxy) is 1. The fourth-order valence-corrected chi connectivity index (χ4v) is 1.94. The molecule has 1 aliphatic rings. The maximum absolute atomic E-state index is 13.0. The fraction of sp³-hybridized carbons (Fsp3) is 0.692. The average Bonchev–Trinajstić information content (AvgIpc) is 3.17. The van der Waals surface area contributed by atoms with Crippen molar-refractivity contribution in [3.05, 3.63) is 11.9 Å². The molecule has 5 nitrogen and oxygen atoms in total. The van der Waals surface area contributed by atoms with Crippen molar-refractivity contribution in [2.45, 2.75) is 45.0 Å². The van der Waals surface area contributed by atoms with Crippen LogP contribution in [0.4, 0.5) is 24.8 Å². The number of nitrogens with one attached hydrogen (secondary N) is 2. The van der Waals surface area contributed by atoms with Crippen LogP contribution in [0.25, 0.3) is 0 Å². The Morgan fingerprint density at radius 2 is 1.90 bits per heavy atom. The average molecular weight is 304 g/mol. The lowest BCUT2D eigenvalue weighted by atomic mass is 10.2. The molecular formula is C13H19F3N4O. The molecule has 2 rings (SSSR count). The van der Waals surface area contributed by atoms with E-state index in [-0.39, 0.29) is 25.3 Å². The standard InChI is InChI=1S/C13H19F3N4O/c1-3-17-9-7-10(19-11(18-9)8-21-4-2)20-12(5-6-12)13(14,15)16/h7H,3-6,8H2,1-2H3,(H2,17,18,19,20). The van der Waals surface area contributed by atoms with Crippen molar-refractivity contribution in [3.8, 4) is 0 Å². The number of hydrogen-bond acceptors (Lipinski definition) is 5. The lowest BCUT2D eigenvalue weighted by molar-refractivity contribution is -0.151. The summed E-state index contributed by atoms with van der Waals surface area (Å²) in [7, 11) is 0. The van der Waals surface area contributed by atoms with Crippen LogP contribution in [0.15, 0.2) is 6.07 Å². The van der Waals surface area contributed by atoms with Crippen LogP contribution in [0.3, 0.4) is 0 Å². The van der Waals surface area contributed by atoms with E-state index in [0.29, 0.717) is 24.8 Å². The summed E-state index contributed by atoms with van der Waals surface area (Å²) in [6, 6.07) is 1.49. The first-order valence-corrected chi connectivity index (χ1v) is 6.94. The smallest absolute Gasteiger partial charge is 0.374 e. The minimum Gasteiger partial charge on any atom is -0.374 e.